The Hall–Kier alpha value is -1.94. The van der Waals surface area contributed by atoms with E-state index in [4.69, 9.17) is 5.73 Å². The van der Waals surface area contributed by atoms with Gasteiger partial charge in [-0.1, -0.05) is 38.1 Å². The van der Waals surface area contributed by atoms with Gasteiger partial charge in [-0.15, -0.1) is 0 Å². The molecule has 0 saturated carbocycles. The Balaban J connectivity index is 2.14. The van der Waals surface area contributed by atoms with E-state index in [0.29, 0.717) is 12.5 Å². The first kappa shape index (κ1) is 13.5. The summed E-state index contributed by atoms with van der Waals surface area (Å²) in [6.07, 6.45) is 1.59. The van der Waals surface area contributed by atoms with Gasteiger partial charge in [0.05, 0.1) is 6.54 Å². The molecule has 0 aliphatic rings. The van der Waals surface area contributed by atoms with Gasteiger partial charge in [-0.25, -0.2) is 4.68 Å². The molecule has 2 aromatic rings. The fraction of sp³-hybridized carbons (Fsp3) is 0.333. The average molecular weight is 257 g/mol. The first-order valence-corrected chi connectivity index (χ1v) is 6.45. The number of hydrogen-bond donors (Lipinski definition) is 1. The highest BCUT2D eigenvalue weighted by molar-refractivity contribution is 5.26. The van der Waals surface area contributed by atoms with Crippen molar-refractivity contribution in [3.8, 4) is 0 Å². The molecule has 19 heavy (non-hydrogen) atoms. The third kappa shape index (κ3) is 3.29. The highest BCUT2D eigenvalue weighted by Gasteiger charge is 2.09. The van der Waals surface area contributed by atoms with Crippen LogP contribution in [0.15, 0.2) is 47.4 Å². The molecule has 0 radical (unpaired) electrons. The second kappa shape index (κ2) is 5.80. The Bertz CT molecular complexity index is 587. The van der Waals surface area contributed by atoms with E-state index in [2.05, 4.69) is 31.1 Å². The summed E-state index contributed by atoms with van der Waals surface area (Å²) in [6.45, 7) is 4.70. The molecule has 2 rings (SSSR count). The number of aromatic nitrogens is 2. The maximum Gasteiger partial charge on any atom is 0.266 e. The molecule has 1 atom stereocenters. The SMILES string of the molecule is CC(C)c1ccc(C(N)Cn2ncccc2=O)cc1. The monoisotopic (exact) mass is 257 g/mol. The summed E-state index contributed by atoms with van der Waals surface area (Å²) in [7, 11) is 0. The van der Waals surface area contributed by atoms with Crippen LogP contribution < -0.4 is 11.3 Å². The van der Waals surface area contributed by atoms with Gasteiger partial charge in [0.25, 0.3) is 5.56 Å². The Morgan fingerprint density at radius 1 is 1.16 bits per heavy atom. The van der Waals surface area contributed by atoms with Crippen molar-refractivity contribution in [1.82, 2.24) is 9.78 Å². The molecule has 0 aliphatic carbocycles. The van der Waals surface area contributed by atoms with E-state index in [1.165, 1.54) is 16.3 Å². The van der Waals surface area contributed by atoms with Crippen LogP contribution in [-0.4, -0.2) is 9.78 Å². The van der Waals surface area contributed by atoms with Crippen molar-refractivity contribution in [2.45, 2.75) is 32.4 Å². The van der Waals surface area contributed by atoms with Crippen molar-refractivity contribution in [3.05, 3.63) is 64.1 Å². The lowest BCUT2D eigenvalue weighted by Crippen LogP contribution is -2.27. The van der Waals surface area contributed by atoms with Crippen LogP contribution in [0, 0.1) is 0 Å². The van der Waals surface area contributed by atoms with Crippen molar-refractivity contribution >= 4 is 0 Å². The van der Waals surface area contributed by atoms with Gasteiger partial charge in [0.1, 0.15) is 0 Å². The minimum atomic E-state index is -0.228. The zero-order chi connectivity index (χ0) is 13.8. The summed E-state index contributed by atoms with van der Waals surface area (Å²) in [4.78, 5) is 11.6. The van der Waals surface area contributed by atoms with Crippen LogP contribution in [-0.2, 0) is 6.54 Å². The third-order valence-corrected chi connectivity index (χ3v) is 3.19. The van der Waals surface area contributed by atoms with Crippen molar-refractivity contribution in [2.24, 2.45) is 5.73 Å². The van der Waals surface area contributed by atoms with E-state index in [1.807, 2.05) is 12.1 Å². The zero-order valence-corrected chi connectivity index (χ0v) is 11.3. The predicted molar refractivity (Wildman–Crippen MR) is 76.0 cm³/mol. The molecule has 1 aromatic heterocycles. The maximum absolute atomic E-state index is 11.6. The van der Waals surface area contributed by atoms with Crippen LogP contribution >= 0.6 is 0 Å². The molecular weight excluding hydrogens is 238 g/mol. The summed E-state index contributed by atoms with van der Waals surface area (Å²) in [5.74, 6) is 0.503. The number of nitrogens with zero attached hydrogens (tertiary/aromatic N) is 2. The average Bonchev–Trinajstić information content (AvgIpc) is 2.41. The summed E-state index contributed by atoms with van der Waals surface area (Å²) in [5, 5.41) is 4.01. The van der Waals surface area contributed by atoms with Gasteiger partial charge in [-0.05, 0) is 23.1 Å². The van der Waals surface area contributed by atoms with E-state index in [0.717, 1.165) is 5.56 Å². The van der Waals surface area contributed by atoms with E-state index >= 15 is 0 Å². The third-order valence-electron chi connectivity index (χ3n) is 3.19. The lowest BCUT2D eigenvalue weighted by atomic mass is 9.99. The van der Waals surface area contributed by atoms with Crippen molar-refractivity contribution < 1.29 is 0 Å². The van der Waals surface area contributed by atoms with Crippen LogP contribution in [0.25, 0.3) is 0 Å². The Morgan fingerprint density at radius 3 is 2.37 bits per heavy atom. The van der Waals surface area contributed by atoms with Crippen molar-refractivity contribution in [1.29, 1.82) is 0 Å². The molecule has 4 nitrogen and oxygen atoms in total. The second-order valence-corrected chi connectivity index (χ2v) is 4.97. The zero-order valence-electron chi connectivity index (χ0n) is 11.3. The molecule has 100 valence electrons. The Morgan fingerprint density at radius 2 is 1.79 bits per heavy atom. The molecule has 1 unspecified atom stereocenters. The van der Waals surface area contributed by atoms with E-state index in [1.54, 1.807) is 12.3 Å². The second-order valence-electron chi connectivity index (χ2n) is 4.97. The van der Waals surface area contributed by atoms with Crippen LogP contribution in [0.3, 0.4) is 0 Å². The predicted octanol–water partition coefficient (Wildman–Crippen LogP) is 2.07. The summed E-state index contributed by atoms with van der Waals surface area (Å²) < 4.78 is 1.39. The molecular formula is C15H19N3O. The number of benzene rings is 1. The van der Waals surface area contributed by atoms with E-state index < -0.39 is 0 Å². The fourth-order valence-corrected chi connectivity index (χ4v) is 1.94. The fourth-order valence-electron chi connectivity index (χ4n) is 1.94. The molecule has 4 heteroatoms. The van der Waals surface area contributed by atoms with Crippen LogP contribution in [0.1, 0.15) is 36.9 Å². The lowest BCUT2D eigenvalue weighted by Gasteiger charge is -2.14. The topological polar surface area (TPSA) is 60.9 Å². The number of nitrogens with two attached hydrogens (primary N) is 1. The molecule has 2 N–H and O–H groups in total. The first-order chi connectivity index (χ1) is 9.08. The highest BCUT2D eigenvalue weighted by Crippen LogP contribution is 2.18. The van der Waals surface area contributed by atoms with Crippen LogP contribution in [0.5, 0.6) is 0 Å². The normalized spacial score (nSPS) is 12.6. The standard InChI is InChI=1S/C15H19N3O/c1-11(2)12-5-7-13(8-6-12)14(16)10-18-15(19)4-3-9-17-18/h3-9,11,14H,10,16H2,1-2H3. The Kier molecular flexibility index (Phi) is 4.12. The smallest absolute Gasteiger partial charge is 0.266 e. The maximum atomic E-state index is 11.6. The number of rotatable bonds is 4. The minimum absolute atomic E-state index is 0.128. The lowest BCUT2D eigenvalue weighted by molar-refractivity contribution is 0.503. The van der Waals surface area contributed by atoms with Crippen molar-refractivity contribution in [2.75, 3.05) is 0 Å². The number of hydrogen-bond acceptors (Lipinski definition) is 3. The molecule has 1 heterocycles. The van der Waals surface area contributed by atoms with Gasteiger partial charge >= 0.3 is 0 Å². The first-order valence-electron chi connectivity index (χ1n) is 6.45. The van der Waals surface area contributed by atoms with Crippen LogP contribution in [0.4, 0.5) is 0 Å². The largest absolute Gasteiger partial charge is 0.322 e. The molecule has 0 spiro atoms. The summed E-state index contributed by atoms with van der Waals surface area (Å²) >= 11 is 0. The molecule has 0 amide bonds. The highest BCUT2D eigenvalue weighted by atomic mass is 16.1. The van der Waals surface area contributed by atoms with Gasteiger partial charge in [0.2, 0.25) is 0 Å². The van der Waals surface area contributed by atoms with Gasteiger partial charge in [0, 0.05) is 18.3 Å². The van der Waals surface area contributed by atoms with Gasteiger partial charge < -0.3 is 5.73 Å². The summed E-state index contributed by atoms with van der Waals surface area (Å²) in [5.41, 5.74) is 8.29. The molecule has 1 aromatic carbocycles. The van der Waals surface area contributed by atoms with Crippen LogP contribution in [0.2, 0.25) is 0 Å². The Labute approximate surface area is 112 Å². The molecule has 0 fully saturated rings. The molecule has 0 saturated heterocycles. The molecule has 0 aliphatic heterocycles. The quantitative estimate of drug-likeness (QED) is 0.912. The van der Waals surface area contributed by atoms with E-state index in [9.17, 15) is 4.79 Å². The van der Waals surface area contributed by atoms with Gasteiger partial charge in [-0.2, -0.15) is 5.10 Å². The van der Waals surface area contributed by atoms with Gasteiger partial charge in [-0.3, -0.25) is 4.79 Å². The van der Waals surface area contributed by atoms with E-state index in [-0.39, 0.29) is 11.6 Å². The minimum Gasteiger partial charge on any atom is -0.322 e. The molecule has 0 bridgehead atoms. The summed E-state index contributed by atoms with van der Waals surface area (Å²) in [6, 6.07) is 11.1. The van der Waals surface area contributed by atoms with Gasteiger partial charge in [0.15, 0.2) is 0 Å². The van der Waals surface area contributed by atoms with Crippen molar-refractivity contribution in [3.63, 3.8) is 0 Å².